The largest absolute Gasteiger partial charge is 0.501 e. The zero-order valence-electron chi connectivity index (χ0n) is 68.6. The van der Waals surface area contributed by atoms with Crippen molar-refractivity contribution < 1.29 is 112 Å². The molecular weight excluding hydrogens is 1630 g/mol. The Morgan fingerprint density at radius 2 is 1.16 bits per heavy atom. The summed E-state index contributed by atoms with van der Waals surface area (Å²) in [6.45, 7) is 3.23. The van der Waals surface area contributed by atoms with E-state index < -0.39 is 74.8 Å². The van der Waals surface area contributed by atoms with E-state index >= 15 is 0 Å². The van der Waals surface area contributed by atoms with Gasteiger partial charge in [-0.05, 0) is 132 Å². The fourth-order valence-electron chi connectivity index (χ4n) is 14.8. The molecule has 1 aromatic heterocycles. The van der Waals surface area contributed by atoms with Gasteiger partial charge in [0.1, 0.15) is 49.1 Å². The zero-order chi connectivity index (χ0) is 86.9. The summed E-state index contributed by atoms with van der Waals surface area (Å²) in [7, 11) is -0.134. The first kappa shape index (κ1) is 87.5. The highest BCUT2D eigenvalue weighted by molar-refractivity contribution is 7.91. The SMILES string of the molecule is COc1cc2c(cc1OCc1cc(COc3cc4c(cc3OC)C(=O)N3Cc5ccccc5CC3C=N4)cc(OS(=O)(=O)Oc3cc(C(=O)CCCOCCn4cc(COCCN(CC[N+](C)(C)C)C(=O)c5ccc(C(=O)CCS(=O)(=O)c6ccc(C)cc6)cc5)nn4)ccc3OC3O[C@H](CO)[C@H](O)[C@H](O)[C@H]3O)c1)N=CC1Cc3ccccc3CN1C2=O. The molecule has 6 heterocycles. The zero-order valence-corrected chi connectivity index (χ0v) is 70.2. The summed E-state index contributed by atoms with van der Waals surface area (Å²) >= 11 is 0. The van der Waals surface area contributed by atoms with E-state index in [2.05, 4.69) is 10.3 Å². The molecule has 32 nitrogen and oxygen atoms in total. The van der Waals surface area contributed by atoms with Gasteiger partial charge >= 0.3 is 10.4 Å². The summed E-state index contributed by atoms with van der Waals surface area (Å²) in [4.78, 5) is 84.7. The van der Waals surface area contributed by atoms with Crippen molar-refractivity contribution in [2.45, 2.75) is 126 Å². The number of aromatic nitrogens is 3. The molecule has 123 heavy (non-hydrogen) atoms. The van der Waals surface area contributed by atoms with Crippen LogP contribution >= 0.6 is 0 Å². The number of fused-ring (bicyclic) bond motifs is 6. The Morgan fingerprint density at radius 1 is 0.585 bits per heavy atom. The standard InChI is InChI=1S/C89H96N9O23S2/c1-55-17-24-69(25-18-55)122(108,109)35-27-75(101)58-19-21-59(22-20-58)86(105)94(28-31-98(2,3)4)29-33-115-54-65-50-95(93-92-65)30-34-114-32-11-16-74(100)62-23-26-76(118-89-85(104)84(103)83(102)82(51-99)119-89)81(41-62)121-123(110,111)120-68-37-56(52-116-79-44-72-70(42-77(79)112-5)87(106)96-48-63-14-9-7-12-60(63)39-66(96)46-90-72)36-57(38-68)53-117-80-45-73-71(43-78(80)113-6)88(107)97-49-64-15-10-8-13-61(64)40-67(97)47-91-73/h7-10,12-15,17-26,36-38,41-47,50,66-67,82-85,89,99,102-104H,11,16,27-35,39-40,48-49,51-54H2,1-6H3/q+1/t66?,67?,82-,83+,84+,85-,89?/m1/s1. The van der Waals surface area contributed by atoms with Crippen LogP contribution in [-0.2, 0) is 86.7 Å². The molecule has 8 aromatic carbocycles. The number of hydrogen-bond donors (Lipinski definition) is 4. The van der Waals surface area contributed by atoms with Crippen LogP contribution in [0.4, 0.5) is 11.4 Å². The van der Waals surface area contributed by atoms with Crippen molar-refractivity contribution in [2.24, 2.45) is 9.98 Å². The number of aryl methyl sites for hydroxylation is 1. The van der Waals surface area contributed by atoms with Crippen LogP contribution in [0.25, 0.3) is 0 Å². The number of benzene rings is 8. The van der Waals surface area contributed by atoms with Crippen LogP contribution in [0.2, 0.25) is 0 Å². The fourth-order valence-corrected chi connectivity index (χ4v) is 16.8. The minimum Gasteiger partial charge on any atom is -0.493 e. The topological polar surface area (TPSA) is 392 Å². The molecule has 34 heteroatoms. The number of quaternary nitrogens is 1. The second kappa shape index (κ2) is 38.3. The second-order valence-corrected chi connectivity index (χ2v) is 34.8. The molecule has 646 valence electrons. The molecule has 14 rings (SSSR count). The monoisotopic (exact) mass is 1720 g/mol. The fraction of sp³-hybridized carbons (Fsp3) is 0.360. The van der Waals surface area contributed by atoms with Gasteiger partial charge in [0.05, 0.1) is 133 Å². The van der Waals surface area contributed by atoms with Crippen molar-refractivity contribution in [1.29, 1.82) is 0 Å². The third-order valence-electron chi connectivity index (χ3n) is 21.7. The summed E-state index contributed by atoms with van der Waals surface area (Å²) in [5.41, 5.74) is 8.10. The summed E-state index contributed by atoms with van der Waals surface area (Å²) in [5.74, 6) is -2.72. The van der Waals surface area contributed by atoms with Crippen LogP contribution in [0, 0.1) is 6.92 Å². The number of aliphatic hydroxyl groups excluding tert-OH is 4. The number of nitrogens with zero attached hydrogens (tertiary/aromatic N) is 9. The van der Waals surface area contributed by atoms with Crippen molar-refractivity contribution in [3.63, 3.8) is 0 Å². The number of rotatable bonds is 37. The highest BCUT2D eigenvalue weighted by Gasteiger charge is 2.46. The predicted molar refractivity (Wildman–Crippen MR) is 448 cm³/mol. The average Bonchev–Trinajstić information content (AvgIpc) is 1.69. The summed E-state index contributed by atoms with van der Waals surface area (Å²) in [6.07, 6.45) is -2.80. The predicted octanol–water partition coefficient (Wildman–Crippen LogP) is 8.30. The number of carbonyl (C=O) groups excluding carboxylic acids is 5. The number of likely N-dealkylation sites (N-methyl/N-ethyl adjacent to an activating group) is 1. The van der Waals surface area contributed by atoms with Crippen molar-refractivity contribution in [3.05, 3.63) is 236 Å². The van der Waals surface area contributed by atoms with E-state index in [4.69, 9.17) is 56.2 Å². The lowest BCUT2D eigenvalue weighted by molar-refractivity contribution is -0.869. The number of ether oxygens (including phenoxy) is 8. The Morgan fingerprint density at radius 3 is 1.75 bits per heavy atom. The number of methoxy groups -OCH3 is 2. The van der Waals surface area contributed by atoms with E-state index in [1.165, 1.54) is 56.7 Å². The van der Waals surface area contributed by atoms with E-state index in [-0.39, 0.29) is 169 Å². The average molecular weight is 1720 g/mol. The van der Waals surface area contributed by atoms with Gasteiger partial charge in [0.2, 0.25) is 6.29 Å². The van der Waals surface area contributed by atoms with Crippen molar-refractivity contribution in [3.8, 4) is 40.2 Å². The number of amides is 3. The maximum atomic E-state index is 14.6. The molecule has 9 aromatic rings. The van der Waals surface area contributed by atoms with Crippen LogP contribution in [0.1, 0.15) is 116 Å². The molecule has 0 radical (unpaired) electrons. The van der Waals surface area contributed by atoms with Gasteiger partial charge in [0.25, 0.3) is 17.7 Å². The lowest BCUT2D eigenvalue weighted by Gasteiger charge is -2.39. The van der Waals surface area contributed by atoms with Crippen LogP contribution in [-0.4, -0.2) is 243 Å². The molecule has 5 aliphatic heterocycles. The van der Waals surface area contributed by atoms with E-state index in [0.29, 0.717) is 77.3 Å². The Balaban J connectivity index is 0.632. The van der Waals surface area contributed by atoms with Gasteiger partial charge in [-0.1, -0.05) is 83.6 Å². The third-order valence-corrected chi connectivity index (χ3v) is 24.2. The lowest BCUT2D eigenvalue weighted by Crippen LogP contribution is -2.60. The molecule has 0 aliphatic carbocycles. The van der Waals surface area contributed by atoms with E-state index in [0.717, 1.165) is 39.9 Å². The summed E-state index contributed by atoms with van der Waals surface area (Å²) in [6, 6.07) is 42.0. The normalized spacial score (nSPS) is 18.5. The Hall–Kier alpha value is -11.8. The first-order valence-corrected chi connectivity index (χ1v) is 43.1. The number of carbonyl (C=O) groups is 5. The number of sulfone groups is 1. The number of aliphatic hydroxyl groups is 4. The molecule has 0 bridgehead atoms. The Labute approximate surface area is 711 Å². The molecule has 3 unspecified atom stereocenters. The van der Waals surface area contributed by atoms with Crippen LogP contribution in [0.5, 0.6) is 40.2 Å². The Bertz CT molecular complexity index is 5540. The second-order valence-electron chi connectivity index (χ2n) is 31.5. The maximum absolute atomic E-state index is 14.6. The van der Waals surface area contributed by atoms with E-state index in [9.17, 15) is 61.2 Å². The molecule has 3 amide bonds. The minimum atomic E-state index is -5.33. The van der Waals surface area contributed by atoms with Crippen molar-refractivity contribution in [2.75, 3.05) is 87.2 Å². The Kier molecular flexibility index (Phi) is 27.2. The molecule has 0 saturated carbocycles. The summed E-state index contributed by atoms with van der Waals surface area (Å²) in [5, 5.41) is 50.9. The van der Waals surface area contributed by atoms with Crippen LogP contribution < -0.4 is 32.1 Å². The molecule has 7 atom stereocenters. The third kappa shape index (κ3) is 21.3. The molecule has 1 saturated heterocycles. The number of Topliss-reactive ketones (excluding diaryl/α,β-unsaturated/α-hetero) is 2. The molecular formula is C89H96N9O23S2+. The van der Waals surface area contributed by atoms with Crippen molar-refractivity contribution in [1.82, 2.24) is 29.7 Å². The van der Waals surface area contributed by atoms with Gasteiger partial charge < -0.3 is 85.9 Å². The van der Waals surface area contributed by atoms with Gasteiger partial charge in [-0.3, -0.25) is 34.0 Å². The smallest absolute Gasteiger partial charge is 0.493 e. The van der Waals surface area contributed by atoms with Crippen LogP contribution in [0.3, 0.4) is 0 Å². The van der Waals surface area contributed by atoms with Gasteiger partial charge in [0, 0.05) is 80.3 Å². The number of hydrogen-bond acceptors (Lipinski definition) is 27. The molecule has 4 N–H and O–H groups in total. The molecule has 0 spiro atoms. The number of aliphatic imine (C=N–C) groups is 2. The van der Waals surface area contributed by atoms with Crippen molar-refractivity contribution >= 4 is 73.3 Å². The quantitative estimate of drug-likeness (QED) is 0.0161. The first-order chi connectivity index (χ1) is 59.1. The molecule has 1 fully saturated rings. The highest BCUT2D eigenvalue weighted by atomic mass is 32.3. The maximum Gasteiger partial charge on any atom is 0.501 e. The van der Waals surface area contributed by atoms with Gasteiger partial charge in [-0.25, -0.2) is 13.1 Å². The number of ketones is 2. The lowest BCUT2D eigenvalue weighted by atomic mass is 9.94. The molecule has 5 aliphatic rings. The minimum absolute atomic E-state index is 0.0704. The van der Waals surface area contributed by atoms with E-state index in [1.807, 2.05) is 76.6 Å². The summed E-state index contributed by atoms with van der Waals surface area (Å²) < 4.78 is 117. The van der Waals surface area contributed by atoms with Gasteiger partial charge in [0.15, 0.2) is 55.9 Å². The highest BCUT2D eigenvalue weighted by Crippen LogP contribution is 2.43. The van der Waals surface area contributed by atoms with E-state index in [1.54, 1.807) is 92.6 Å². The van der Waals surface area contributed by atoms with Crippen LogP contribution in [0.15, 0.2) is 179 Å². The van der Waals surface area contributed by atoms with Gasteiger partial charge in [-0.2, -0.15) is 0 Å². The first-order valence-electron chi connectivity index (χ1n) is 40.1. The van der Waals surface area contributed by atoms with Gasteiger partial charge in [-0.15, -0.1) is 13.5 Å².